The Labute approximate surface area is 204 Å². The lowest BCUT2D eigenvalue weighted by atomic mass is 10.00. The van der Waals surface area contributed by atoms with E-state index in [0.29, 0.717) is 28.5 Å². The number of nitrogens with zero attached hydrogens (tertiary/aromatic N) is 2. The summed E-state index contributed by atoms with van der Waals surface area (Å²) in [6.07, 6.45) is 0. The van der Waals surface area contributed by atoms with Crippen LogP contribution in [0.5, 0.6) is 0 Å². The summed E-state index contributed by atoms with van der Waals surface area (Å²) in [5, 5.41) is 6.92. The van der Waals surface area contributed by atoms with Crippen LogP contribution < -0.4 is 15.5 Å². The van der Waals surface area contributed by atoms with Crippen molar-refractivity contribution in [2.75, 3.05) is 42.7 Å². The summed E-state index contributed by atoms with van der Waals surface area (Å²) in [6, 6.07) is 22.8. The smallest absolute Gasteiger partial charge is 0.258 e. The maximum Gasteiger partial charge on any atom is 0.258 e. The first kappa shape index (κ1) is 23.5. The first-order chi connectivity index (χ1) is 16.3. The molecule has 0 radical (unpaired) electrons. The summed E-state index contributed by atoms with van der Waals surface area (Å²) < 4.78 is 0. The van der Waals surface area contributed by atoms with Crippen molar-refractivity contribution in [1.82, 2.24) is 4.90 Å². The van der Waals surface area contributed by atoms with E-state index in [9.17, 15) is 9.59 Å². The summed E-state index contributed by atoms with van der Waals surface area (Å²) in [5.41, 5.74) is 5.26. The standard InChI is InChI=1S/C27H27ClN4O2/c1-18(33)32(16-15-31(2)3)22-12-10-21(11-13-22)29-26(19-7-5-4-6-8-19)25-23-14-9-20(28)17-24(23)30-27(25)34/h4-14,17,29H,15-16H2,1-3H3,(H,30,34)/b26-25-. The van der Waals surface area contributed by atoms with Gasteiger partial charge in [0.2, 0.25) is 5.91 Å². The van der Waals surface area contributed by atoms with Crippen LogP contribution in [0.2, 0.25) is 5.02 Å². The number of hydrogen-bond donors (Lipinski definition) is 2. The van der Waals surface area contributed by atoms with Gasteiger partial charge in [0.15, 0.2) is 0 Å². The van der Waals surface area contributed by atoms with Crippen LogP contribution in [0, 0.1) is 0 Å². The number of anilines is 3. The van der Waals surface area contributed by atoms with Gasteiger partial charge < -0.3 is 20.4 Å². The van der Waals surface area contributed by atoms with Gasteiger partial charge in [-0.2, -0.15) is 0 Å². The minimum atomic E-state index is -0.188. The number of nitrogens with one attached hydrogen (secondary N) is 2. The molecule has 2 amide bonds. The van der Waals surface area contributed by atoms with Gasteiger partial charge in [0.25, 0.3) is 5.91 Å². The quantitative estimate of drug-likeness (QED) is 0.463. The molecule has 0 saturated carbocycles. The Balaban J connectivity index is 1.70. The van der Waals surface area contributed by atoms with Crippen molar-refractivity contribution in [1.29, 1.82) is 0 Å². The van der Waals surface area contributed by atoms with Gasteiger partial charge in [-0.15, -0.1) is 0 Å². The number of carbonyl (C=O) groups is 2. The summed E-state index contributed by atoms with van der Waals surface area (Å²) >= 11 is 6.13. The molecule has 34 heavy (non-hydrogen) atoms. The van der Waals surface area contributed by atoms with Crippen LogP contribution in [0.1, 0.15) is 18.1 Å². The molecular formula is C27H27ClN4O2. The molecule has 0 fully saturated rings. The summed E-state index contributed by atoms with van der Waals surface area (Å²) in [6.45, 7) is 2.94. The molecule has 3 aromatic carbocycles. The molecule has 4 rings (SSSR count). The van der Waals surface area contributed by atoms with Crippen molar-refractivity contribution in [3.63, 3.8) is 0 Å². The Bertz CT molecular complexity index is 1240. The topological polar surface area (TPSA) is 64.7 Å². The zero-order chi connectivity index (χ0) is 24.2. The monoisotopic (exact) mass is 474 g/mol. The zero-order valence-corrected chi connectivity index (χ0v) is 20.2. The second-order valence-corrected chi connectivity index (χ2v) is 8.84. The maximum absolute atomic E-state index is 13.0. The fourth-order valence-electron chi connectivity index (χ4n) is 3.91. The molecule has 0 atom stereocenters. The fourth-order valence-corrected chi connectivity index (χ4v) is 4.09. The van der Waals surface area contributed by atoms with E-state index < -0.39 is 0 Å². The number of halogens is 1. The Kier molecular flexibility index (Phi) is 7.01. The third-order valence-electron chi connectivity index (χ3n) is 5.64. The number of likely N-dealkylation sites (N-methyl/N-ethyl adjacent to an activating group) is 1. The van der Waals surface area contributed by atoms with E-state index in [1.165, 1.54) is 0 Å². The van der Waals surface area contributed by atoms with Gasteiger partial charge in [-0.25, -0.2) is 0 Å². The van der Waals surface area contributed by atoms with Gasteiger partial charge in [-0.1, -0.05) is 48.0 Å². The number of carbonyl (C=O) groups excluding carboxylic acids is 2. The first-order valence-electron chi connectivity index (χ1n) is 11.0. The summed E-state index contributed by atoms with van der Waals surface area (Å²) in [5.74, 6) is -0.195. The Hall–Kier alpha value is -3.61. The van der Waals surface area contributed by atoms with Crippen LogP contribution in [-0.2, 0) is 9.59 Å². The average molecular weight is 475 g/mol. The Morgan fingerprint density at radius 3 is 2.32 bits per heavy atom. The van der Waals surface area contributed by atoms with Crippen LogP contribution in [0.3, 0.4) is 0 Å². The molecule has 0 spiro atoms. The molecule has 7 heteroatoms. The lowest BCUT2D eigenvalue weighted by molar-refractivity contribution is -0.116. The van der Waals surface area contributed by atoms with Crippen molar-refractivity contribution in [3.8, 4) is 0 Å². The van der Waals surface area contributed by atoms with Gasteiger partial charge in [-0.3, -0.25) is 9.59 Å². The normalized spacial score (nSPS) is 14.0. The van der Waals surface area contributed by atoms with Crippen molar-refractivity contribution in [3.05, 3.63) is 88.9 Å². The number of amides is 2. The molecule has 1 aliphatic heterocycles. The van der Waals surface area contributed by atoms with E-state index in [4.69, 9.17) is 11.6 Å². The third kappa shape index (κ3) is 5.14. The average Bonchev–Trinajstić information content (AvgIpc) is 3.13. The van der Waals surface area contributed by atoms with Gasteiger partial charge in [-0.05, 0) is 56.1 Å². The molecule has 3 aromatic rings. The molecule has 0 aromatic heterocycles. The first-order valence-corrected chi connectivity index (χ1v) is 11.4. The molecule has 0 bridgehead atoms. The van der Waals surface area contributed by atoms with E-state index in [2.05, 4.69) is 10.6 Å². The van der Waals surface area contributed by atoms with E-state index in [1.54, 1.807) is 24.0 Å². The van der Waals surface area contributed by atoms with Crippen LogP contribution >= 0.6 is 11.6 Å². The number of benzene rings is 3. The number of hydrogen-bond acceptors (Lipinski definition) is 4. The van der Waals surface area contributed by atoms with Crippen molar-refractivity contribution in [2.24, 2.45) is 0 Å². The van der Waals surface area contributed by atoms with E-state index in [0.717, 1.165) is 29.0 Å². The molecule has 0 unspecified atom stereocenters. The van der Waals surface area contributed by atoms with E-state index in [1.807, 2.05) is 79.7 Å². The Morgan fingerprint density at radius 2 is 1.68 bits per heavy atom. The Morgan fingerprint density at radius 1 is 0.971 bits per heavy atom. The zero-order valence-electron chi connectivity index (χ0n) is 19.4. The summed E-state index contributed by atoms with van der Waals surface area (Å²) in [4.78, 5) is 29.0. The highest BCUT2D eigenvalue weighted by molar-refractivity contribution is 6.38. The largest absolute Gasteiger partial charge is 0.354 e. The highest BCUT2D eigenvalue weighted by Gasteiger charge is 2.28. The van der Waals surface area contributed by atoms with Crippen molar-refractivity contribution in [2.45, 2.75) is 6.92 Å². The second kappa shape index (κ2) is 10.1. The summed E-state index contributed by atoms with van der Waals surface area (Å²) in [7, 11) is 3.96. The van der Waals surface area contributed by atoms with Crippen LogP contribution in [0.25, 0.3) is 11.3 Å². The molecule has 174 valence electrons. The SMILES string of the molecule is CC(=O)N(CCN(C)C)c1ccc(N/C(=C2\C(=O)Nc3cc(Cl)ccc32)c2ccccc2)cc1. The highest BCUT2D eigenvalue weighted by Crippen LogP contribution is 2.38. The number of fused-ring (bicyclic) bond motifs is 1. The maximum atomic E-state index is 13.0. The molecular weight excluding hydrogens is 448 g/mol. The number of rotatable bonds is 7. The predicted molar refractivity (Wildman–Crippen MR) is 140 cm³/mol. The molecule has 1 heterocycles. The van der Waals surface area contributed by atoms with E-state index >= 15 is 0 Å². The molecule has 0 aliphatic carbocycles. The van der Waals surface area contributed by atoms with Crippen molar-refractivity contribution < 1.29 is 9.59 Å². The molecule has 0 saturated heterocycles. The van der Waals surface area contributed by atoms with Gasteiger partial charge in [0.05, 0.1) is 17.0 Å². The molecule has 6 nitrogen and oxygen atoms in total. The lowest BCUT2D eigenvalue weighted by Gasteiger charge is -2.23. The minimum Gasteiger partial charge on any atom is -0.354 e. The third-order valence-corrected chi connectivity index (χ3v) is 5.87. The second-order valence-electron chi connectivity index (χ2n) is 8.41. The molecule has 2 N–H and O–H groups in total. The van der Waals surface area contributed by atoms with Crippen LogP contribution in [-0.4, -0.2) is 43.9 Å². The van der Waals surface area contributed by atoms with Crippen LogP contribution in [0.15, 0.2) is 72.8 Å². The van der Waals surface area contributed by atoms with Gasteiger partial charge in [0, 0.05) is 42.0 Å². The van der Waals surface area contributed by atoms with Crippen molar-refractivity contribution >= 4 is 51.7 Å². The predicted octanol–water partition coefficient (Wildman–Crippen LogP) is 5.19. The minimum absolute atomic E-state index is 0.00690. The fraction of sp³-hybridized carbons (Fsp3) is 0.185. The van der Waals surface area contributed by atoms with E-state index in [-0.39, 0.29) is 11.8 Å². The highest BCUT2D eigenvalue weighted by atomic mass is 35.5. The van der Waals surface area contributed by atoms with Crippen LogP contribution in [0.4, 0.5) is 17.1 Å². The van der Waals surface area contributed by atoms with Gasteiger partial charge >= 0.3 is 0 Å². The molecule has 1 aliphatic rings. The lowest BCUT2D eigenvalue weighted by Crippen LogP contribution is -2.35. The van der Waals surface area contributed by atoms with Gasteiger partial charge in [0.1, 0.15) is 0 Å².